The zero-order valence-electron chi connectivity index (χ0n) is 9.94. The minimum Gasteiger partial charge on any atom is -0.289 e. The topological polar surface area (TPSA) is 34.1 Å². The van der Waals surface area contributed by atoms with Gasteiger partial charge in [-0.3, -0.25) is 9.59 Å². The number of hydrogen-bond acceptors (Lipinski definition) is 2. The average Bonchev–Trinajstić information content (AvgIpc) is 2.46. The Bertz CT molecular complexity index is 842. The number of carbonyl (C=O) groups is 2. The molecule has 0 radical (unpaired) electrons. The van der Waals surface area contributed by atoms with Crippen molar-refractivity contribution in [3.63, 3.8) is 0 Å². The second-order valence-corrected chi connectivity index (χ2v) is 6.25. The standard InChI is InChI=1S/C14H3Cl5O2/c15-5-3-1-2-4-6(5)14(21)8-7(13(4)20)9(16)11(18)12(19)10(8)17/h1-3H. The third-order valence-corrected chi connectivity index (χ3v) is 5.32. The maximum absolute atomic E-state index is 12.6. The van der Waals surface area contributed by atoms with Crippen molar-refractivity contribution in [3.8, 4) is 0 Å². The van der Waals surface area contributed by atoms with Crippen molar-refractivity contribution >= 4 is 69.6 Å². The summed E-state index contributed by atoms with van der Waals surface area (Å²) in [6.07, 6.45) is 0. The van der Waals surface area contributed by atoms with Gasteiger partial charge in [0.15, 0.2) is 11.6 Å². The van der Waals surface area contributed by atoms with Crippen LogP contribution in [0.3, 0.4) is 0 Å². The lowest BCUT2D eigenvalue weighted by atomic mass is 9.84. The quantitative estimate of drug-likeness (QED) is 0.369. The highest BCUT2D eigenvalue weighted by molar-refractivity contribution is 6.55. The lowest BCUT2D eigenvalue weighted by Crippen LogP contribution is -2.22. The summed E-state index contributed by atoms with van der Waals surface area (Å²) in [4.78, 5) is 25.2. The van der Waals surface area contributed by atoms with Crippen LogP contribution in [0.15, 0.2) is 18.2 Å². The largest absolute Gasteiger partial charge is 0.289 e. The molecule has 0 saturated carbocycles. The summed E-state index contributed by atoms with van der Waals surface area (Å²) < 4.78 is 0. The maximum atomic E-state index is 12.6. The van der Waals surface area contributed by atoms with E-state index >= 15 is 0 Å². The smallest absolute Gasteiger partial charge is 0.197 e. The van der Waals surface area contributed by atoms with Crippen molar-refractivity contribution in [1.82, 2.24) is 0 Å². The van der Waals surface area contributed by atoms with Crippen LogP contribution in [0.4, 0.5) is 0 Å². The molecule has 3 rings (SSSR count). The Balaban J connectivity index is 2.47. The van der Waals surface area contributed by atoms with Crippen LogP contribution in [0.1, 0.15) is 31.8 Å². The number of benzene rings is 2. The van der Waals surface area contributed by atoms with E-state index < -0.39 is 11.6 Å². The molecule has 0 fully saturated rings. The van der Waals surface area contributed by atoms with Crippen molar-refractivity contribution in [2.75, 3.05) is 0 Å². The van der Waals surface area contributed by atoms with Crippen LogP contribution in [-0.4, -0.2) is 11.6 Å². The van der Waals surface area contributed by atoms with Crippen LogP contribution >= 0.6 is 58.0 Å². The molecule has 1 aliphatic rings. The van der Waals surface area contributed by atoms with Gasteiger partial charge in [-0.05, 0) is 6.07 Å². The van der Waals surface area contributed by atoms with E-state index in [1.54, 1.807) is 6.07 Å². The molecule has 1 aliphatic carbocycles. The predicted molar refractivity (Wildman–Crippen MR) is 84.8 cm³/mol. The van der Waals surface area contributed by atoms with E-state index in [1.807, 2.05) is 0 Å². The van der Waals surface area contributed by atoms with Gasteiger partial charge in [0.05, 0.1) is 41.8 Å². The lowest BCUT2D eigenvalue weighted by Gasteiger charge is -2.21. The van der Waals surface area contributed by atoms with Gasteiger partial charge in [0.2, 0.25) is 0 Å². The molecule has 0 N–H and O–H groups in total. The van der Waals surface area contributed by atoms with Crippen molar-refractivity contribution in [3.05, 3.63) is 65.6 Å². The lowest BCUT2D eigenvalue weighted by molar-refractivity contribution is 0.0979. The van der Waals surface area contributed by atoms with Crippen molar-refractivity contribution in [2.45, 2.75) is 0 Å². The fourth-order valence-corrected chi connectivity index (χ4v) is 3.55. The number of fused-ring (bicyclic) bond motifs is 2. The first-order chi connectivity index (χ1) is 9.86. The van der Waals surface area contributed by atoms with E-state index in [0.717, 1.165) is 0 Å². The molecule has 0 aliphatic heterocycles. The molecule has 0 heterocycles. The van der Waals surface area contributed by atoms with Gasteiger partial charge in [0, 0.05) is 5.56 Å². The number of rotatable bonds is 0. The third-order valence-electron chi connectivity index (χ3n) is 3.21. The molecule has 0 aromatic heterocycles. The molecule has 0 bridgehead atoms. The van der Waals surface area contributed by atoms with Crippen LogP contribution in [0.25, 0.3) is 0 Å². The summed E-state index contributed by atoms with van der Waals surface area (Å²) in [5.74, 6) is -0.969. The van der Waals surface area contributed by atoms with E-state index in [2.05, 4.69) is 0 Å². The molecule has 106 valence electrons. The Morgan fingerprint density at radius 3 is 1.71 bits per heavy atom. The molecule has 0 unspecified atom stereocenters. The second kappa shape index (κ2) is 5.15. The van der Waals surface area contributed by atoms with Crippen LogP contribution in [0.2, 0.25) is 25.1 Å². The van der Waals surface area contributed by atoms with Gasteiger partial charge in [-0.2, -0.15) is 0 Å². The minimum absolute atomic E-state index is 0.0455. The Hall–Kier alpha value is -0.770. The molecule has 21 heavy (non-hydrogen) atoms. The minimum atomic E-state index is -0.504. The first-order valence-electron chi connectivity index (χ1n) is 5.60. The van der Waals surface area contributed by atoms with E-state index in [-0.39, 0.29) is 47.4 Å². The first kappa shape index (κ1) is 15.1. The zero-order chi connectivity index (χ0) is 15.5. The van der Waals surface area contributed by atoms with Crippen LogP contribution in [0.5, 0.6) is 0 Å². The van der Waals surface area contributed by atoms with Crippen LogP contribution in [-0.2, 0) is 0 Å². The summed E-state index contributed by atoms with van der Waals surface area (Å²) >= 11 is 30.1. The number of carbonyl (C=O) groups excluding carboxylic acids is 2. The maximum Gasteiger partial charge on any atom is 0.197 e. The first-order valence-corrected chi connectivity index (χ1v) is 7.49. The molecular weight excluding hydrogens is 377 g/mol. The second-order valence-electron chi connectivity index (χ2n) is 4.33. The summed E-state index contributed by atoms with van der Waals surface area (Å²) in [6.45, 7) is 0. The van der Waals surface area contributed by atoms with Crippen molar-refractivity contribution in [2.24, 2.45) is 0 Å². The van der Waals surface area contributed by atoms with Gasteiger partial charge in [-0.1, -0.05) is 70.1 Å². The Labute approximate surface area is 144 Å². The van der Waals surface area contributed by atoms with Gasteiger partial charge >= 0.3 is 0 Å². The van der Waals surface area contributed by atoms with Gasteiger partial charge in [-0.25, -0.2) is 0 Å². The fourth-order valence-electron chi connectivity index (χ4n) is 2.26. The highest BCUT2D eigenvalue weighted by Gasteiger charge is 2.37. The molecule has 0 saturated heterocycles. The Morgan fingerprint density at radius 2 is 1.14 bits per heavy atom. The normalized spacial score (nSPS) is 13.2. The molecule has 0 amide bonds. The molecule has 2 nitrogen and oxygen atoms in total. The number of halogens is 5. The van der Waals surface area contributed by atoms with E-state index in [4.69, 9.17) is 58.0 Å². The van der Waals surface area contributed by atoms with Gasteiger partial charge in [0.1, 0.15) is 0 Å². The number of hydrogen-bond donors (Lipinski definition) is 0. The molecule has 2 aromatic carbocycles. The monoisotopic (exact) mass is 378 g/mol. The van der Waals surface area contributed by atoms with Gasteiger partial charge in [-0.15, -0.1) is 0 Å². The van der Waals surface area contributed by atoms with Gasteiger partial charge in [0.25, 0.3) is 0 Å². The summed E-state index contributed by atoms with van der Waals surface area (Å²) in [5, 5.41) is -0.169. The Morgan fingerprint density at radius 1 is 0.619 bits per heavy atom. The summed E-state index contributed by atoms with van der Waals surface area (Å²) in [7, 11) is 0. The zero-order valence-corrected chi connectivity index (χ0v) is 13.7. The highest BCUT2D eigenvalue weighted by atomic mass is 35.5. The van der Waals surface area contributed by atoms with E-state index in [1.165, 1.54) is 12.1 Å². The summed E-state index contributed by atoms with van der Waals surface area (Å²) in [5.41, 5.74) is 0.141. The van der Waals surface area contributed by atoms with E-state index in [9.17, 15) is 9.59 Å². The highest BCUT2D eigenvalue weighted by Crippen LogP contribution is 2.45. The third kappa shape index (κ3) is 2.01. The molecular formula is C14H3Cl5O2. The SMILES string of the molecule is O=C1c2cccc(Cl)c2C(=O)c2c(Cl)c(Cl)c(Cl)c(Cl)c21. The fraction of sp³-hybridized carbons (Fsp3) is 0. The van der Waals surface area contributed by atoms with Crippen LogP contribution < -0.4 is 0 Å². The Kier molecular flexibility index (Phi) is 3.71. The molecule has 0 atom stereocenters. The van der Waals surface area contributed by atoms with Crippen LogP contribution in [0, 0.1) is 0 Å². The average molecular weight is 380 g/mol. The predicted octanol–water partition coefficient (Wildman–Crippen LogP) is 5.73. The molecule has 2 aromatic rings. The van der Waals surface area contributed by atoms with Crippen molar-refractivity contribution < 1.29 is 9.59 Å². The van der Waals surface area contributed by atoms with Crippen molar-refractivity contribution in [1.29, 1.82) is 0 Å². The molecule has 7 heteroatoms. The molecule has 0 spiro atoms. The summed E-state index contributed by atoms with van der Waals surface area (Å²) in [6, 6.07) is 4.59. The number of ketones is 2. The van der Waals surface area contributed by atoms with Gasteiger partial charge < -0.3 is 0 Å². The van der Waals surface area contributed by atoms with E-state index in [0.29, 0.717) is 0 Å².